The molecule has 1 saturated heterocycles. The van der Waals surface area contributed by atoms with Crippen LogP contribution in [-0.4, -0.2) is 53.6 Å². The lowest BCUT2D eigenvalue weighted by Crippen LogP contribution is -2.47. The first kappa shape index (κ1) is 10.8. The van der Waals surface area contributed by atoms with E-state index in [4.69, 9.17) is 21.4 Å². The second-order valence-electron chi connectivity index (χ2n) is 2.99. The van der Waals surface area contributed by atoms with Gasteiger partial charge in [-0.2, -0.15) is 0 Å². The summed E-state index contributed by atoms with van der Waals surface area (Å²) in [5, 5.41) is 30.1. The zero-order chi connectivity index (χ0) is 10.1. The smallest absolute Gasteiger partial charge is 0.173 e. The SMILES string of the molecule is B[C@@H]1O[C@H](CO)C(O)C1(O)C#CCl. The highest BCUT2D eigenvalue weighted by Crippen LogP contribution is 2.28. The zero-order valence-electron chi connectivity index (χ0n) is 7.07. The molecule has 3 N–H and O–H groups in total. The molecule has 4 atom stereocenters. The van der Waals surface area contributed by atoms with Gasteiger partial charge in [-0.1, -0.05) is 0 Å². The molecule has 72 valence electrons. The third-order valence-electron chi connectivity index (χ3n) is 2.23. The third kappa shape index (κ3) is 1.69. The maximum atomic E-state index is 9.79. The normalized spacial score (nSPS) is 44.2. The van der Waals surface area contributed by atoms with Crippen LogP contribution in [-0.2, 0) is 4.74 Å². The van der Waals surface area contributed by atoms with E-state index in [0.29, 0.717) is 0 Å². The van der Waals surface area contributed by atoms with E-state index in [2.05, 4.69) is 5.92 Å². The molecule has 6 heteroatoms. The fraction of sp³-hybridized carbons (Fsp3) is 0.714. The Morgan fingerprint density at radius 3 is 2.62 bits per heavy atom. The molecule has 0 spiro atoms. The van der Waals surface area contributed by atoms with Gasteiger partial charge >= 0.3 is 0 Å². The number of aliphatic hydroxyl groups is 3. The van der Waals surface area contributed by atoms with E-state index in [9.17, 15) is 10.2 Å². The summed E-state index contributed by atoms with van der Waals surface area (Å²) in [6.45, 7) is -0.363. The largest absolute Gasteiger partial charge is 0.394 e. The summed E-state index contributed by atoms with van der Waals surface area (Å²) in [5.74, 6) is 2.27. The number of ether oxygens (including phenoxy) is 1. The van der Waals surface area contributed by atoms with Crippen LogP contribution in [0.4, 0.5) is 0 Å². The summed E-state index contributed by atoms with van der Waals surface area (Å²) >= 11 is 5.14. The topological polar surface area (TPSA) is 69.9 Å². The van der Waals surface area contributed by atoms with Crippen LogP contribution in [0.5, 0.6) is 0 Å². The highest BCUT2D eigenvalue weighted by molar-refractivity contribution is 6.30. The van der Waals surface area contributed by atoms with Crippen molar-refractivity contribution in [3.63, 3.8) is 0 Å². The minimum absolute atomic E-state index is 0.363. The van der Waals surface area contributed by atoms with Crippen molar-refractivity contribution in [2.75, 3.05) is 6.61 Å². The summed E-state index contributed by atoms with van der Waals surface area (Å²) < 4.78 is 5.08. The van der Waals surface area contributed by atoms with Gasteiger partial charge in [0.2, 0.25) is 0 Å². The van der Waals surface area contributed by atoms with Crippen molar-refractivity contribution in [1.29, 1.82) is 0 Å². The Kier molecular flexibility index (Phi) is 3.22. The van der Waals surface area contributed by atoms with Crippen molar-refractivity contribution in [3.8, 4) is 11.3 Å². The zero-order valence-corrected chi connectivity index (χ0v) is 7.82. The molecule has 1 aliphatic rings. The van der Waals surface area contributed by atoms with Gasteiger partial charge in [0, 0.05) is 5.38 Å². The van der Waals surface area contributed by atoms with Crippen molar-refractivity contribution in [2.24, 2.45) is 0 Å². The van der Waals surface area contributed by atoms with E-state index in [0.717, 1.165) is 0 Å². The molecular formula is C7H10BClO4. The van der Waals surface area contributed by atoms with E-state index >= 15 is 0 Å². The van der Waals surface area contributed by atoms with Gasteiger partial charge in [0.25, 0.3) is 0 Å². The summed E-state index contributed by atoms with van der Waals surface area (Å²) in [6, 6.07) is -0.675. The minimum atomic E-state index is -1.69. The Morgan fingerprint density at radius 1 is 1.62 bits per heavy atom. The quantitative estimate of drug-likeness (QED) is 0.330. The first-order chi connectivity index (χ1) is 6.06. The molecular weight excluding hydrogens is 194 g/mol. The molecule has 13 heavy (non-hydrogen) atoms. The van der Waals surface area contributed by atoms with E-state index in [-0.39, 0.29) is 6.61 Å². The average Bonchev–Trinajstić information content (AvgIpc) is 2.31. The van der Waals surface area contributed by atoms with Gasteiger partial charge in [-0.05, 0) is 17.5 Å². The molecule has 0 aromatic carbocycles. The highest BCUT2D eigenvalue weighted by atomic mass is 35.5. The molecule has 1 rings (SSSR count). The number of hydrogen-bond donors (Lipinski definition) is 3. The predicted octanol–water partition coefficient (Wildman–Crippen LogP) is -2.37. The van der Waals surface area contributed by atoms with Crippen LogP contribution < -0.4 is 0 Å². The third-order valence-corrected chi connectivity index (χ3v) is 2.32. The van der Waals surface area contributed by atoms with Gasteiger partial charge in [0.1, 0.15) is 20.1 Å². The van der Waals surface area contributed by atoms with Gasteiger partial charge in [-0.15, -0.1) is 0 Å². The molecule has 4 nitrogen and oxygen atoms in total. The summed E-state index contributed by atoms with van der Waals surface area (Å²) in [7, 11) is 1.56. The van der Waals surface area contributed by atoms with Crippen LogP contribution in [0.2, 0.25) is 0 Å². The Bertz CT molecular complexity index is 251. The first-order valence-electron chi connectivity index (χ1n) is 3.85. The van der Waals surface area contributed by atoms with Crippen molar-refractivity contribution in [1.82, 2.24) is 0 Å². The summed E-state index contributed by atoms with van der Waals surface area (Å²) in [5.41, 5.74) is -1.69. The van der Waals surface area contributed by atoms with Crippen molar-refractivity contribution >= 4 is 19.4 Å². The maximum Gasteiger partial charge on any atom is 0.173 e. The van der Waals surface area contributed by atoms with E-state index in [1.54, 1.807) is 7.85 Å². The number of aliphatic hydroxyl groups excluding tert-OH is 2. The van der Waals surface area contributed by atoms with Crippen LogP contribution in [0.3, 0.4) is 0 Å². The Labute approximate surface area is 81.9 Å². The highest BCUT2D eigenvalue weighted by Gasteiger charge is 2.51. The Hall–Kier alpha value is -0.245. The number of halogens is 1. The molecule has 0 bridgehead atoms. The van der Waals surface area contributed by atoms with Crippen LogP contribution >= 0.6 is 11.6 Å². The molecule has 0 aliphatic carbocycles. The van der Waals surface area contributed by atoms with Crippen molar-refractivity contribution in [2.45, 2.75) is 23.8 Å². The standard InChI is InChI=1S/C7H10BClO4/c8-6-7(12,1-2-9)5(11)4(3-10)13-6/h4-6,10-12H,3,8H2/t4-,5?,6-,7?/m1/s1. The second kappa shape index (κ2) is 3.87. The molecule has 0 aromatic heterocycles. The lowest BCUT2D eigenvalue weighted by atomic mass is 9.81. The van der Waals surface area contributed by atoms with Crippen LogP contribution in [0.25, 0.3) is 0 Å². The van der Waals surface area contributed by atoms with Crippen molar-refractivity contribution in [3.05, 3.63) is 0 Å². The lowest BCUT2D eigenvalue weighted by molar-refractivity contribution is -0.0238. The Morgan fingerprint density at radius 2 is 2.23 bits per heavy atom. The molecule has 1 aliphatic heterocycles. The van der Waals surface area contributed by atoms with E-state index < -0.39 is 23.8 Å². The number of hydrogen-bond acceptors (Lipinski definition) is 4. The molecule has 1 fully saturated rings. The predicted molar refractivity (Wildman–Crippen MR) is 48.9 cm³/mol. The second-order valence-corrected chi connectivity index (χ2v) is 3.18. The van der Waals surface area contributed by atoms with Gasteiger partial charge in [-0.3, -0.25) is 0 Å². The van der Waals surface area contributed by atoms with Crippen LogP contribution in [0.1, 0.15) is 0 Å². The monoisotopic (exact) mass is 204 g/mol. The van der Waals surface area contributed by atoms with Crippen LogP contribution in [0, 0.1) is 11.3 Å². The molecule has 0 amide bonds. The van der Waals surface area contributed by atoms with Gasteiger partial charge < -0.3 is 20.1 Å². The molecule has 1 heterocycles. The summed E-state index contributed by atoms with van der Waals surface area (Å²) in [6.07, 6.45) is -2.05. The van der Waals surface area contributed by atoms with E-state index in [1.807, 2.05) is 5.38 Å². The summed E-state index contributed by atoms with van der Waals surface area (Å²) in [4.78, 5) is 0. The number of rotatable bonds is 1. The average molecular weight is 204 g/mol. The maximum absolute atomic E-state index is 9.79. The fourth-order valence-electron chi connectivity index (χ4n) is 1.36. The Balaban J connectivity index is 2.90. The van der Waals surface area contributed by atoms with Gasteiger partial charge in [0.05, 0.1) is 12.6 Å². The minimum Gasteiger partial charge on any atom is -0.394 e. The first-order valence-corrected chi connectivity index (χ1v) is 4.23. The molecule has 0 radical (unpaired) electrons. The molecule has 0 aromatic rings. The van der Waals surface area contributed by atoms with Gasteiger partial charge in [-0.25, -0.2) is 0 Å². The molecule has 2 unspecified atom stereocenters. The fourth-order valence-corrected chi connectivity index (χ4v) is 1.51. The van der Waals surface area contributed by atoms with E-state index in [1.165, 1.54) is 0 Å². The van der Waals surface area contributed by atoms with Crippen molar-refractivity contribution < 1.29 is 20.1 Å². The van der Waals surface area contributed by atoms with Crippen LogP contribution in [0.15, 0.2) is 0 Å². The lowest BCUT2D eigenvalue weighted by Gasteiger charge is -2.22. The van der Waals surface area contributed by atoms with Gasteiger partial charge in [0.15, 0.2) is 5.60 Å². The molecule has 0 saturated carbocycles.